The molecule has 222 valence electrons. The van der Waals surface area contributed by atoms with Gasteiger partial charge in [-0.1, -0.05) is 6.07 Å². The van der Waals surface area contributed by atoms with E-state index in [2.05, 4.69) is 14.6 Å². The summed E-state index contributed by atoms with van der Waals surface area (Å²) >= 11 is 0. The third-order valence-corrected chi connectivity index (χ3v) is 6.50. The fraction of sp³-hybridized carbons (Fsp3) is 0.391. The lowest BCUT2D eigenvalue weighted by molar-refractivity contribution is -0.00552. The third kappa shape index (κ3) is 7.07. The van der Waals surface area contributed by atoms with Crippen molar-refractivity contribution in [2.24, 2.45) is 0 Å². The second-order valence-corrected chi connectivity index (χ2v) is 10.0. The molecule has 1 saturated heterocycles. The number of aromatic nitrogens is 1. The lowest BCUT2D eigenvalue weighted by Crippen LogP contribution is -2.49. The number of phosphoric ester groups is 1. The molecule has 1 aromatic heterocycles. The van der Waals surface area contributed by atoms with Crippen LogP contribution in [0, 0.1) is 11.6 Å². The Hall–Kier alpha value is -3.89. The Morgan fingerprint density at radius 3 is 2.66 bits per heavy atom. The molecule has 15 nitrogen and oxygen atoms in total. The molecular weight excluding hydrogens is 579 g/mol. The molecule has 0 aliphatic carbocycles. The van der Waals surface area contributed by atoms with Crippen LogP contribution in [0.3, 0.4) is 0 Å². The van der Waals surface area contributed by atoms with Gasteiger partial charge in [-0.3, -0.25) is 18.9 Å². The maximum absolute atomic E-state index is 14.0. The molecule has 1 aromatic carbocycles. The smallest absolute Gasteiger partial charge is 0.451 e. The zero-order valence-corrected chi connectivity index (χ0v) is 22.2. The first kappa shape index (κ1) is 30.1. The number of pyridine rings is 1. The topological polar surface area (TPSA) is 192 Å². The van der Waals surface area contributed by atoms with E-state index < -0.39 is 80.4 Å². The minimum atomic E-state index is -4.77. The number of phosphoric acid groups is 1. The highest BCUT2D eigenvalue weighted by Gasteiger charge is 2.43. The summed E-state index contributed by atoms with van der Waals surface area (Å²) in [6.07, 6.45) is -0.916. The van der Waals surface area contributed by atoms with E-state index in [9.17, 15) is 32.5 Å². The van der Waals surface area contributed by atoms with Crippen molar-refractivity contribution in [3.8, 4) is 5.75 Å². The number of carbonyl (C=O) groups is 3. The van der Waals surface area contributed by atoms with Crippen molar-refractivity contribution >= 4 is 25.8 Å². The summed E-state index contributed by atoms with van der Waals surface area (Å²) < 4.78 is 63.4. The minimum absolute atomic E-state index is 0.0252. The van der Waals surface area contributed by atoms with Gasteiger partial charge in [0.05, 0.1) is 25.8 Å². The second kappa shape index (κ2) is 12.3. The average Bonchev–Trinajstić information content (AvgIpc) is 3.27. The lowest BCUT2D eigenvalue weighted by atomic mass is 10.1. The number of nitrogens with one attached hydrogen (secondary N) is 1. The summed E-state index contributed by atoms with van der Waals surface area (Å²) in [5, 5.41) is 2.36. The van der Waals surface area contributed by atoms with Crippen LogP contribution >= 0.6 is 7.82 Å². The van der Waals surface area contributed by atoms with Crippen LogP contribution in [0.1, 0.15) is 33.3 Å². The van der Waals surface area contributed by atoms with Crippen LogP contribution in [0.2, 0.25) is 0 Å². The molecule has 18 heteroatoms. The molecule has 3 heterocycles. The van der Waals surface area contributed by atoms with Gasteiger partial charge in [0.25, 0.3) is 11.8 Å². The predicted octanol–water partition coefficient (Wildman–Crippen LogP) is 0.856. The summed E-state index contributed by atoms with van der Waals surface area (Å²) in [5.41, 5.74) is -1.82. The molecule has 0 unspecified atom stereocenters. The molecule has 0 saturated carbocycles. The van der Waals surface area contributed by atoms with Crippen LogP contribution in [-0.4, -0.2) is 76.1 Å². The first-order chi connectivity index (χ1) is 19.4. The van der Waals surface area contributed by atoms with Crippen LogP contribution in [0.4, 0.5) is 13.6 Å². The zero-order chi connectivity index (χ0) is 29.9. The maximum atomic E-state index is 14.0. The summed E-state index contributed by atoms with van der Waals surface area (Å²) in [7, 11) is -4.77. The highest BCUT2D eigenvalue weighted by molar-refractivity contribution is 7.46. The van der Waals surface area contributed by atoms with Gasteiger partial charge >= 0.3 is 14.0 Å². The number of hydrogen-bond acceptors (Lipinski definition) is 10. The van der Waals surface area contributed by atoms with Gasteiger partial charge in [-0.15, -0.1) is 0 Å². The first-order valence-electron chi connectivity index (χ1n) is 11.9. The summed E-state index contributed by atoms with van der Waals surface area (Å²) in [6.45, 7) is -0.579. The van der Waals surface area contributed by atoms with Crippen LogP contribution in [0.15, 0.2) is 29.2 Å². The van der Waals surface area contributed by atoms with E-state index >= 15 is 0 Å². The van der Waals surface area contributed by atoms with Gasteiger partial charge < -0.3 is 43.5 Å². The van der Waals surface area contributed by atoms with Crippen molar-refractivity contribution < 1.29 is 61.0 Å². The fourth-order valence-electron chi connectivity index (χ4n) is 4.15. The average molecular weight is 603 g/mol. The van der Waals surface area contributed by atoms with E-state index in [-0.39, 0.29) is 37.0 Å². The van der Waals surface area contributed by atoms with Crippen LogP contribution in [-0.2, 0) is 36.4 Å². The number of halogens is 2. The molecule has 41 heavy (non-hydrogen) atoms. The Kier molecular flexibility index (Phi) is 9.04. The standard InChI is InChI=1S/C23H24F2N3O12P/c1-12-10-37-17-9-27-8-15(21(30)26-7-13-2-3-14(24)6-16(13)25)19(29)20(18(27)22(31)28(12)17)38-11-39-23(32)36-4-5-40-41(33,34)35/h2-3,6,8,12,17H,4-5,7,9-11H2,1H3,(H,26,30)(H2,33,34,35)/t12-,17+/m0/s1. The third-order valence-electron chi connectivity index (χ3n) is 5.98. The van der Waals surface area contributed by atoms with Crippen LogP contribution in [0.25, 0.3) is 0 Å². The van der Waals surface area contributed by atoms with Gasteiger partial charge in [-0.05, 0) is 13.0 Å². The van der Waals surface area contributed by atoms with Crippen molar-refractivity contribution in [2.45, 2.75) is 32.3 Å². The Morgan fingerprint density at radius 1 is 1.20 bits per heavy atom. The molecule has 3 N–H and O–H groups in total. The summed E-state index contributed by atoms with van der Waals surface area (Å²) in [6, 6.07) is 2.43. The molecule has 0 spiro atoms. The molecule has 1 fully saturated rings. The van der Waals surface area contributed by atoms with E-state index in [1.807, 2.05) is 0 Å². The molecule has 2 aliphatic rings. The van der Waals surface area contributed by atoms with Gasteiger partial charge in [-0.25, -0.2) is 18.1 Å². The largest absolute Gasteiger partial charge is 0.511 e. The molecule has 2 aromatic rings. The minimum Gasteiger partial charge on any atom is -0.451 e. The Morgan fingerprint density at radius 2 is 1.95 bits per heavy atom. The van der Waals surface area contributed by atoms with Gasteiger partial charge in [-0.2, -0.15) is 0 Å². The summed E-state index contributed by atoms with van der Waals surface area (Å²) in [5.74, 6) is -3.94. The van der Waals surface area contributed by atoms with Crippen molar-refractivity contribution in [1.29, 1.82) is 0 Å². The number of ether oxygens (including phenoxy) is 4. The number of hydrogen-bond donors (Lipinski definition) is 3. The van der Waals surface area contributed by atoms with Crippen LogP contribution < -0.4 is 15.5 Å². The highest BCUT2D eigenvalue weighted by Crippen LogP contribution is 2.35. The highest BCUT2D eigenvalue weighted by atomic mass is 31.2. The Bertz CT molecular complexity index is 1460. The molecule has 2 aliphatic heterocycles. The number of rotatable bonds is 10. The molecule has 2 amide bonds. The number of amides is 2. The molecule has 4 rings (SSSR count). The van der Waals surface area contributed by atoms with Gasteiger partial charge in [0, 0.05) is 24.4 Å². The lowest BCUT2D eigenvalue weighted by Gasteiger charge is -2.34. The first-order valence-corrected chi connectivity index (χ1v) is 13.4. The maximum Gasteiger partial charge on any atom is 0.511 e. The number of carbonyl (C=O) groups excluding carboxylic acids is 3. The number of nitrogens with zero attached hydrogens (tertiary/aromatic N) is 2. The van der Waals surface area contributed by atoms with E-state index in [1.165, 1.54) is 9.47 Å². The molecule has 0 bridgehead atoms. The predicted molar refractivity (Wildman–Crippen MR) is 130 cm³/mol. The SMILES string of the molecule is C[C@H]1CO[C@@H]2Cn3cc(C(=O)NCc4ccc(F)cc4F)c(=O)c(OCOC(=O)OCCOP(=O)(O)O)c3C(=O)N12. The van der Waals surface area contributed by atoms with Crippen molar-refractivity contribution in [3.05, 3.63) is 63.1 Å². The Balaban J connectivity index is 1.53. The van der Waals surface area contributed by atoms with E-state index in [1.54, 1.807) is 6.92 Å². The van der Waals surface area contributed by atoms with Crippen molar-refractivity contribution in [1.82, 2.24) is 14.8 Å². The second-order valence-electron chi connectivity index (χ2n) is 8.80. The monoisotopic (exact) mass is 603 g/mol. The molecule has 0 radical (unpaired) electrons. The summed E-state index contributed by atoms with van der Waals surface area (Å²) in [4.78, 5) is 70.0. The van der Waals surface area contributed by atoms with Crippen LogP contribution in [0.5, 0.6) is 5.75 Å². The fourth-order valence-corrected chi connectivity index (χ4v) is 4.46. The quantitative estimate of drug-likeness (QED) is 0.150. The van der Waals surface area contributed by atoms with E-state index in [4.69, 9.17) is 24.0 Å². The number of fused-ring (bicyclic) bond motifs is 2. The van der Waals surface area contributed by atoms with E-state index in [0.717, 1.165) is 18.3 Å². The zero-order valence-electron chi connectivity index (χ0n) is 21.3. The molecule has 2 atom stereocenters. The van der Waals surface area contributed by atoms with Crippen molar-refractivity contribution in [3.63, 3.8) is 0 Å². The van der Waals surface area contributed by atoms with Crippen molar-refractivity contribution in [2.75, 3.05) is 26.6 Å². The Labute approximate surface area is 229 Å². The molecular formula is C23H24F2N3O12P. The number of benzene rings is 1. The van der Waals surface area contributed by atoms with Gasteiger partial charge in [0.2, 0.25) is 18.0 Å². The van der Waals surface area contributed by atoms with Gasteiger partial charge in [0.1, 0.15) is 23.8 Å². The van der Waals surface area contributed by atoms with Gasteiger partial charge in [0.15, 0.2) is 11.9 Å². The normalized spacial score (nSPS) is 18.0. The van der Waals surface area contributed by atoms with E-state index in [0.29, 0.717) is 6.07 Å².